The number of rotatable bonds is 4. The molecule has 0 bridgehead atoms. The number of guanidine groups is 1. The fourth-order valence-corrected chi connectivity index (χ4v) is 3.36. The quantitative estimate of drug-likeness (QED) is 0.655. The van der Waals surface area contributed by atoms with E-state index >= 15 is 0 Å². The van der Waals surface area contributed by atoms with E-state index < -0.39 is 0 Å². The van der Waals surface area contributed by atoms with Crippen molar-refractivity contribution in [1.82, 2.24) is 14.9 Å². The predicted octanol–water partition coefficient (Wildman–Crippen LogP) is 0.873. The molecule has 23 heavy (non-hydrogen) atoms. The minimum absolute atomic E-state index is 0.0929. The van der Waals surface area contributed by atoms with Crippen LogP contribution in [0.3, 0.4) is 0 Å². The number of methoxy groups -OCH3 is 1. The molecule has 0 radical (unpaired) electrons. The lowest BCUT2D eigenvalue weighted by atomic mass is 10.0. The minimum atomic E-state index is -0.0929. The van der Waals surface area contributed by atoms with Gasteiger partial charge in [-0.25, -0.2) is 9.97 Å². The zero-order valence-electron chi connectivity index (χ0n) is 13.8. The second-order valence-electron chi connectivity index (χ2n) is 6.29. The Morgan fingerprint density at radius 1 is 1.22 bits per heavy atom. The highest BCUT2D eigenvalue weighted by Crippen LogP contribution is 2.32. The van der Waals surface area contributed by atoms with Crippen LogP contribution in [0.1, 0.15) is 25.7 Å². The van der Waals surface area contributed by atoms with Gasteiger partial charge in [0.1, 0.15) is 0 Å². The number of piperazine rings is 1. The predicted molar refractivity (Wildman–Crippen MR) is 90.5 cm³/mol. The first-order valence-electron chi connectivity index (χ1n) is 8.34. The van der Waals surface area contributed by atoms with E-state index in [9.17, 15) is 0 Å². The van der Waals surface area contributed by atoms with Crippen molar-refractivity contribution in [3.8, 4) is 0 Å². The van der Waals surface area contributed by atoms with Gasteiger partial charge in [0.15, 0.2) is 5.96 Å². The fraction of sp³-hybridized carbons (Fsp3) is 0.688. The molecule has 0 amide bonds. The molecular formula is C16H26N6O. The van der Waals surface area contributed by atoms with E-state index in [1.807, 2.05) is 6.07 Å². The summed E-state index contributed by atoms with van der Waals surface area (Å²) >= 11 is 0. The molecule has 2 fully saturated rings. The van der Waals surface area contributed by atoms with E-state index in [1.54, 1.807) is 19.5 Å². The monoisotopic (exact) mass is 318 g/mol. The smallest absolute Gasteiger partial charge is 0.225 e. The van der Waals surface area contributed by atoms with Crippen LogP contribution in [0.15, 0.2) is 23.5 Å². The summed E-state index contributed by atoms with van der Waals surface area (Å²) in [5.74, 6) is 1.41. The first-order valence-corrected chi connectivity index (χ1v) is 8.34. The van der Waals surface area contributed by atoms with E-state index in [0.717, 1.165) is 45.0 Å². The number of nitrogens with two attached hydrogens (primary N) is 1. The number of aliphatic imine (C=N–C) groups is 1. The van der Waals surface area contributed by atoms with E-state index in [1.165, 1.54) is 12.8 Å². The largest absolute Gasteiger partial charge is 0.376 e. The minimum Gasteiger partial charge on any atom is -0.376 e. The Labute approximate surface area is 137 Å². The van der Waals surface area contributed by atoms with Crippen molar-refractivity contribution in [2.24, 2.45) is 10.7 Å². The van der Waals surface area contributed by atoms with Gasteiger partial charge in [-0.3, -0.25) is 4.99 Å². The first kappa shape index (κ1) is 16.0. The Hall–Kier alpha value is -1.89. The van der Waals surface area contributed by atoms with Gasteiger partial charge in [-0.2, -0.15) is 0 Å². The lowest BCUT2D eigenvalue weighted by Crippen LogP contribution is -2.52. The van der Waals surface area contributed by atoms with Crippen molar-refractivity contribution in [3.05, 3.63) is 18.5 Å². The Morgan fingerprint density at radius 2 is 1.87 bits per heavy atom. The molecule has 0 spiro atoms. The van der Waals surface area contributed by atoms with E-state index in [-0.39, 0.29) is 5.60 Å². The van der Waals surface area contributed by atoms with Gasteiger partial charge in [-0.05, 0) is 18.9 Å². The van der Waals surface area contributed by atoms with Crippen molar-refractivity contribution in [2.75, 3.05) is 44.7 Å². The number of anilines is 1. The maximum Gasteiger partial charge on any atom is 0.225 e. The van der Waals surface area contributed by atoms with Crippen LogP contribution in [0.4, 0.5) is 5.95 Å². The Balaban J connectivity index is 1.53. The summed E-state index contributed by atoms with van der Waals surface area (Å²) < 4.78 is 5.71. The zero-order chi connectivity index (χ0) is 16.1. The summed E-state index contributed by atoms with van der Waals surface area (Å²) in [5.41, 5.74) is 6.10. The van der Waals surface area contributed by atoms with Gasteiger partial charge in [0, 0.05) is 45.7 Å². The molecular weight excluding hydrogens is 292 g/mol. The molecule has 1 aromatic rings. The van der Waals surface area contributed by atoms with Crippen LogP contribution >= 0.6 is 0 Å². The molecule has 1 aliphatic carbocycles. The lowest BCUT2D eigenvalue weighted by molar-refractivity contribution is 0.00408. The van der Waals surface area contributed by atoms with Gasteiger partial charge < -0.3 is 20.3 Å². The fourth-order valence-electron chi connectivity index (χ4n) is 3.36. The molecule has 0 atom stereocenters. The highest BCUT2D eigenvalue weighted by atomic mass is 16.5. The molecule has 1 aromatic heterocycles. The normalized spacial score (nSPS) is 21.7. The second kappa shape index (κ2) is 7.12. The third kappa shape index (κ3) is 3.72. The molecule has 1 aliphatic heterocycles. The molecule has 126 valence electrons. The van der Waals surface area contributed by atoms with Gasteiger partial charge in [-0.15, -0.1) is 0 Å². The molecule has 7 heteroatoms. The van der Waals surface area contributed by atoms with Crippen molar-refractivity contribution in [1.29, 1.82) is 0 Å². The summed E-state index contributed by atoms with van der Waals surface area (Å²) in [6, 6.07) is 1.83. The van der Waals surface area contributed by atoms with Crippen LogP contribution in [0, 0.1) is 0 Å². The standard InChI is InChI=1S/C16H26N6O/c1-23-16(5-2-3-6-16)13-20-14(17)21-9-11-22(12-10-21)15-18-7-4-8-19-15/h4,7-8H,2-3,5-6,9-13H2,1H3,(H2,17,20). The summed E-state index contributed by atoms with van der Waals surface area (Å²) in [5, 5.41) is 0. The summed E-state index contributed by atoms with van der Waals surface area (Å²) in [6.07, 6.45) is 8.16. The van der Waals surface area contributed by atoms with Crippen LogP contribution in [0.25, 0.3) is 0 Å². The maximum atomic E-state index is 6.19. The van der Waals surface area contributed by atoms with Gasteiger partial charge in [-0.1, -0.05) is 12.8 Å². The number of nitrogens with zero attached hydrogens (tertiary/aromatic N) is 5. The van der Waals surface area contributed by atoms with Crippen molar-refractivity contribution >= 4 is 11.9 Å². The van der Waals surface area contributed by atoms with E-state index in [2.05, 4.69) is 24.8 Å². The Kier molecular flexibility index (Phi) is 4.95. The Morgan fingerprint density at radius 3 is 2.48 bits per heavy atom. The van der Waals surface area contributed by atoms with Gasteiger partial charge in [0.2, 0.25) is 5.95 Å². The third-order valence-electron chi connectivity index (χ3n) is 4.92. The molecule has 7 nitrogen and oxygen atoms in total. The highest BCUT2D eigenvalue weighted by Gasteiger charge is 2.33. The van der Waals surface area contributed by atoms with Crippen LogP contribution < -0.4 is 10.6 Å². The van der Waals surface area contributed by atoms with Gasteiger partial charge in [0.05, 0.1) is 12.1 Å². The molecule has 2 heterocycles. The van der Waals surface area contributed by atoms with Gasteiger partial charge in [0.25, 0.3) is 0 Å². The van der Waals surface area contributed by atoms with Crippen LogP contribution in [-0.2, 0) is 4.74 Å². The average molecular weight is 318 g/mol. The molecule has 3 rings (SSSR count). The maximum absolute atomic E-state index is 6.19. The van der Waals surface area contributed by atoms with Crippen LogP contribution in [-0.4, -0.2) is 66.3 Å². The van der Waals surface area contributed by atoms with Crippen molar-refractivity contribution in [3.63, 3.8) is 0 Å². The molecule has 2 aliphatic rings. The molecule has 2 N–H and O–H groups in total. The second-order valence-corrected chi connectivity index (χ2v) is 6.29. The number of ether oxygens (including phenoxy) is 1. The number of hydrogen-bond acceptors (Lipinski definition) is 5. The SMILES string of the molecule is COC1(CN=C(N)N2CCN(c3ncccn3)CC2)CCCC1. The lowest BCUT2D eigenvalue weighted by Gasteiger charge is -2.35. The number of hydrogen-bond donors (Lipinski definition) is 1. The molecule has 0 aromatic carbocycles. The van der Waals surface area contributed by atoms with Crippen LogP contribution in [0.5, 0.6) is 0 Å². The van der Waals surface area contributed by atoms with E-state index in [4.69, 9.17) is 10.5 Å². The Bertz CT molecular complexity index is 521. The van der Waals surface area contributed by atoms with Crippen molar-refractivity contribution in [2.45, 2.75) is 31.3 Å². The summed E-state index contributed by atoms with van der Waals surface area (Å²) in [4.78, 5) is 17.5. The highest BCUT2D eigenvalue weighted by molar-refractivity contribution is 5.78. The zero-order valence-corrected chi connectivity index (χ0v) is 13.8. The topological polar surface area (TPSA) is 79.9 Å². The van der Waals surface area contributed by atoms with Gasteiger partial charge >= 0.3 is 0 Å². The molecule has 1 saturated heterocycles. The number of aromatic nitrogens is 2. The third-order valence-corrected chi connectivity index (χ3v) is 4.92. The average Bonchev–Trinajstić information content (AvgIpc) is 3.10. The molecule has 0 unspecified atom stereocenters. The van der Waals surface area contributed by atoms with Crippen LogP contribution in [0.2, 0.25) is 0 Å². The first-order chi connectivity index (χ1) is 11.2. The van der Waals surface area contributed by atoms with E-state index in [0.29, 0.717) is 12.5 Å². The summed E-state index contributed by atoms with van der Waals surface area (Å²) in [7, 11) is 1.79. The van der Waals surface area contributed by atoms with Crippen molar-refractivity contribution < 1.29 is 4.74 Å². The molecule has 1 saturated carbocycles. The summed E-state index contributed by atoms with van der Waals surface area (Å²) in [6.45, 7) is 4.06.